The highest BCUT2D eigenvalue weighted by Gasteiger charge is 2.25. The third-order valence-corrected chi connectivity index (χ3v) is 4.09. The fourth-order valence-electron chi connectivity index (χ4n) is 1.22. The van der Waals surface area contributed by atoms with E-state index in [2.05, 4.69) is 19.2 Å². The number of aliphatic hydroxyl groups is 1. The van der Waals surface area contributed by atoms with Crippen LogP contribution in [0.3, 0.4) is 0 Å². The Morgan fingerprint density at radius 3 is 2.83 bits per heavy atom. The monoisotopic (exact) mass is 189 g/mol. The molecule has 1 aliphatic heterocycles. The number of rotatable bonds is 4. The molecule has 1 rings (SSSR count). The van der Waals surface area contributed by atoms with Crippen LogP contribution in [-0.4, -0.2) is 35.3 Å². The maximum absolute atomic E-state index is 9.49. The second-order valence-electron chi connectivity index (χ2n) is 3.61. The highest BCUT2D eigenvalue weighted by Crippen LogP contribution is 2.21. The lowest BCUT2D eigenvalue weighted by molar-refractivity contribution is 0.201. The minimum absolute atomic E-state index is 0.126. The van der Waals surface area contributed by atoms with Crippen molar-refractivity contribution in [3.05, 3.63) is 0 Å². The molecule has 0 aliphatic carbocycles. The van der Waals surface area contributed by atoms with Gasteiger partial charge in [0.25, 0.3) is 0 Å². The number of hydrogen-bond acceptors (Lipinski definition) is 3. The van der Waals surface area contributed by atoms with Gasteiger partial charge in [0.1, 0.15) is 0 Å². The summed E-state index contributed by atoms with van der Waals surface area (Å²) in [6, 6.07) is 0. The van der Waals surface area contributed by atoms with E-state index in [0.29, 0.717) is 5.25 Å². The van der Waals surface area contributed by atoms with Crippen LogP contribution in [0.15, 0.2) is 0 Å². The van der Waals surface area contributed by atoms with Gasteiger partial charge in [-0.05, 0) is 11.7 Å². The van der Waals surface area contributed by atoms with Crippen LogP contribution in [0.5, 0.6) is 0 Å². The Morgan fingerprint density at radius 1 is 1.58 bits per heavy atom. The average Bonchev–Trinajstić information content (AvgIpc) is 2.47. The van der Waals surface area contributed by atoms with Crippen molar-refractivity contribution in [3.8, 4) is 0 Å². The van der Waals surface area contributed by atoms with Gasteiger partial charge in [0, 0.05) is 18.3 Å². The molecule has 2 nitrogen and oxygen atoms in total. The van der Waals surface area contributed by atoms with Gasteiger partial charge < -0.3 is 10.4 Å². The maximum Gasteiger partial charge on any atom is 0.0795 e. The second kappa shape index (κ2) is 5.10. The van der Waals surface area contributed by atoms with Gasteiger partial charge in [-0.25, -0.2) is 0 Å². The van der Waals surface area contributed by atoms with Crippen LogP contribution in [0.2, 0.25) is 0 Å². The van der Waals surface area contributed by atoms with E-state index < -0.39 is 0 Å². The molecule has 3 atom stereocenters. The van der Waals surface area contributed by atoms with Gasteiger partial charge in [-0.3, -0.25) is 0 Å². The van der Waals surface area contributed by atoms with Crippen LogP contribution >= 0.6 is 11.8 Å². The lowest BCUT2D eigenvalue weighted by atomic mass is 10.2. The summed E-state index contributed by atoms with van der Waals surface area (Å²) >= 11 is 1.91. The van der Waals surface area contributed by atoms with E-state index in [0.717, 1.165) is 19.0 Å². The molecule has 72 valence electrons. The SMILES string of the molecule is CCC(C)CSC1CNCC1O. The molecule has 3 heteroatoms. The number of thioether (sulfide) groups is 1. The summed E-state index contributed by atoms with van der Waals surface area (Å²) in [5.74, 6) is 1.96. The largest absolute Gasteiger partial charge is 0.391 e. The van der Waals surface area contributed by atoms with Gasteiger partial charge >= 0.3 is 0 Å². The Balaban J connectivity index is 2.13. The second-order valence-corrected chi connectivity index (χ2v) is 4.88. The van der Waals surface area contributed by atoms with E-state index in [-0.39, 0.29) is 6.10 Å². The van der Waals surface area contributed by atoms with E-state index >= 15 is 0 Å². The summed E-state index contributed by atoms with van der Waals surface area (Å²) in [6.07, 6.45) is 1.11. The van der Waals surface area contributed by atoms with Crippen molar-refractivity contribution in [3.63, 3.8) is 0 Å². The Kier molecular flexibility index (Phi) is 4.40. The highest BCUT2D eigenvalue weighted by atomic mass is 32.2. The Morgan fingerprint density at radius 2 is 2.33 bits per heavy atom. The van der Waals surface area contributed by atoms with E-state index in [1.807, 2.05) is 11.8 Å². The van der Waals surface area contributed by atoms with E-state index in [1.54, 1.807) is 0 Å². The van der Waals surface area contributed by atoms with Crippen molar-refractivity contribution in [2.45, 2.75) is 31.6 Å². The van der Waals surface area contributed by atoms with Gasteiger partial charge in [0.15, 0.2) is 0 Å². The third-order valence-electron chi connectivity index (χ3n) is 2.42. The zero-order chi connectivity index (χ0) is 8.97. The fraction of sp³-hybridized carbons (Fsp3) is 1.00. The first-order chi connectivity index (χ1) is 5.74. The standard InChI is InChI=1S/C9H19NOS/c1-3-7(2)6-12-9-5-10-4-8(9)11/h7-11H,3-6H2,1-2H3. The predicted octanol–water partition coefficient (Wildman–Crippen LogP) is 1.10. The topological polar surface area (TPSA) is 32.3 Å². The minimum Gasteiger partial charge on any atom is -0.391 e. The van der Waals surface area contributed by atoms with Crippen molar-refractivity contribution in [2.24, 2.45) is 5.92 Å². The summed E-state index contributed by atoms with van der Waals surface area (Å²) in [4.78, 5) is 0. The summed E-state index contributed by atoms with van der Waals surface area (Å²) in [5, 5.41) is 13.1. The molecule has 0 radical (unpaired) electrons. The number of nitrogens with one attached hydrogen (secondary N) is 1. The number of β-amino-alcohol motifs (C(OH)–C–C–N with tert-alkyl or cyclic N) is 1. The Labute approximate surface area is 79.1 Å². The van der Waals surface area contributed by atoms with Crippen molar-refractivity contribution in [2.75, 3.05) is 18.8 Å². The predicted molar refractivity (Wildman–Crippen MR) is 54.6 cm³/mol. The van der Waals surface area contributed by atoms with Crippen molar-refractivity contribution >= 4 is 11.8 Å². The van der Waals surface area contributed by atoms with Crippen LogP contribution in [0.25, 0.3) is 0 Å². The first-order valence-corrected chi connectivity index (χ1v) is 5.79. The first kappa shape index (κ1) is 10.4. The summed E-state index contributed by atoms with van der Waals surface area (Å²) in [5.41, 5.74) is 0. The van der Waals surface area contributed by atoms with Crippen molar-refractivity contribution < 1.29 is 5.11 Å². The quantitative estimate of drug-likeness (QED) is 0.694. The van der Waals surface area contributed by atoms with Gasteiger partial charge in [0.2, 0.25) is 0 Å². The molecule has 3 unspecified atom stereocenters. The molecule has 0 aromatic carbocycles. The van der Waals surface area contributed by atoms with Crippen molar-refractivity contribution in [1.82, 2.24) is 5.32 Å². The summed E-state index contributed by atoms with van der Waals surface area (Å²) < 4.78 is 0. The van der Waals surface area contributed by atoms with E-state index in [1.165, 1.54) is 12.2 Å². The molecule has 0 amide bonds. The van der Waals surface area contributed by atoms with Gasteiger partial charge in [-0.2, -0.15) is 11.8 Å². The zero-order valence-corrected chi connectivity index (χ0v) is 8.73. The molecule has 1 aliphatic rings. The van der Waals surface area contributed by atoms with Gasteiger partial charge in [0.05, 0.1) is 6.10 Å². The molecule has 1 heterocycles. The van der Waals surface area contributed by atoms with Gasteiger partial charge in [-0.1, -0.05) is 20.3 Å². The molecule has 1 fully saturated rings. The highest BCUT2D eigenvalue weighted by molar-refractivity contribution is 8.00. The third kappa shape index (κ3) is 2.96. The number of hydrogen-bond donors (Lipinski definition) is 2. The van der Waals surface area contributed by atoms with Crippen LogP contribution < -0.4 is 5.32 Å². The summed E-state index contributed by atoms with van der Waals surface area (Å²) in [7, 11) is 0. The lowest BCUT2D eigenvalue weighted by Gasteiger charge is -2.15. The molecule has 2 N–H and O–H groups in total. The van der Waals surface area contributed by atoms with Crippen LogP contribution in [0, 0.1) is 5.92 Å². The van der Waals surface area contributed by atoms with E-state index in [9.17, 15) is 5.11 Å². The van der Waals surface area contributed by atoms with Crippen LogP contribution in [0.1, 0.15) is 20.3 Å². The smallest absolute Gasteiger partial charge is 0.0795 e. The molecule has 0 spiro atoms. The minimum atomic E-state index is -0.126. The first-order valence-electron chi connectivity index (χ1n) is 4.74. The lowest BCUT2D eigenvalue weighted by Crippen LogP contribution is -2.21. The van der Waals surface area contributed by atoms with Gasteiger partial charge in [-0.15, -0.1) is 0 Å². The maximum atomic E-state index is 9.49. The molecule has 0 aromatic rings. The molecule has 1 saturated heterocycles. The Bertz CT molecular complexity index is 132. The van der Waals surface area contributed by atoms with E-state index in [4.69, 9.17) is 0 Å². The molecule has 0 bridgehead atoms. The van der Waals surface area contributed by atoms with Crippen LogP contribution in [-0.2, 0) is 0 Å². The zero-order valence-electron chi connectivity index (χ0n) is 7.92. The fourth-order valence-corrected chi connectivity index (χ4v) is 2.58. The normalized spacial score (nSPS) is 32.2. The molecule has 0 saturated carbocycles. The molecule has 0 aromatic heterocycles. The Hall–Kier alpha value is 0.270. The number of aliphatic hydroxyl groups excluding tert-OH is 1. The van der Waals surface area contributed by atoms with Crippen LogP contribution in [0.4, 0.5) is 0 Å². The molecular formula is C9H19NOS. The molecule has 12 heavy (non-hydrogen) atoms. The molecular weight excluding hydrogens is 170 g/mol. The summed E-state index contributed by atoms with van der Waals surface area (Å²) in [6.45, 7) is 6.23. The average molecular weight is 189 g/mol. The van der Waals surface area contributed by atoms with Crippen molar-refractivity contribution in [1.29, 1.82) is 0 Å².